The lowest BCUT2D eigenvalue weighted by atomic mass is 9.78. The fourth-order valence-electron chi connectivity index (χ4n) is 3.09. The Morgan fingerprint density at radius 2 is 2.12 bits per heavy atom. The highest BCUT2D eigenvalue weighted by Crippen LogP contribution is 2.35. The highest BCUT2D eigenvalue weighted by atomic mass is 35.5. The molecular formula is C12H23ClN2O. The molecule has 0 bridgehead atoms. The fourth-order valence-corrected chi connectivity index (χ4v) is 3.09. The molecule has 2 rings (SSSR count). The maximum atomic E-state index is 11.8. The second kappa shape index (κ2) is 5.87. The van der Waals surface area contributed by atoms with Crippen LogP contribution in [0.15, 0.2) is 0 Å². The van der Waals surface area contributed by atoms with E-state index in [4.69, 9.17) is 5.73 Å². The molecule has 2 aliphatic rings. The van der Waals surface area contributed by atoms with E-state index in [0.717, 1.165) is 25.9 Å². The number of halogens is 1. The van der Waals surface area contributed by atoms with E-state index in [1.165, 1.54) is 12.8 Å². The quantitative estimate of drug-likeness (QED) is 0.808. The van der Waals surface area contributed by atoms with Crippen LogP contribution in [0.4, 0.5) is 0 Å². The van der Waals surface area contributed by atoms with Crippen molar-refractivity contribution in [1.82, 2.24) is 4.90 Å². The van der Waals surface area contributed by atoms with Crippen molar-refractivity contribution in [3.8, 4) is 0 Å². The second-order valence-electron chi connectivity index (χ2n) is 5.07. The number of carbonyl (C=O) groups excluding carboxylic acids is 1. The molecule has 0 spiro atoms. The summed E-state index contributed by atoms with van der Waals surface area (Å²) in [5.74, 6) is 1.60. The van der Waals surface area contributed by atoms with Crippen molar-refractivity contribution in [1.29, 1.82) is 0 Å². The predicted octanol–water partition coefficient (Wildman–Crippen LogP) is 1.79. The monoisotopic (exact) mass is 246 g/mol. The second-order valence-corrected chi connectivity index (χ2v) is 5.07. The van der Waals surface area contributed by atoms with E-state index in [1.807, 2.05) is 4.90 Å². The number of carbonyl (C=O) groups is 1. The molecular weight excluding hydrogens is 224 g/mol. The summed E-state index contributed by atoms with van der Waals surface area (Å²) in [5.41, 5.74) is 6.12. The predicted molar refractivity (Wildman–Crippen MR) is 67.5 cm³/mol. The average molecular weight is 247 g/mol. The van der Waals surface area contributed by atoms with Gasteiger partial charge in [-0.2, -0.15) is 0 Å². The molecule has 3 unspecified atom stereocenters. The van der Waals surface area contributed by atoms with E-state index in [9.17, 15) is 4.79 Å². The lowest BCUT2D eigenvalue weighted by molar-refractivity contribution is -0.130. The van der Waals surface area contributed by atoms with Gasteiger partial charge in [0.2, 0.25) is 5.91 Å². The minimum atomic E-state index is 0. The number of amides is 1. The summed E-state index contributed by atoms with van der Waals surface area (Å²) in [5, 5.41) is 0. The summed E-state index contributed by atoms with van der Waals surface area (Å²) in [7, 11) is 0. The van der Waals surface area contributed by atoms with E-state index < -0.39 is 0 Å². The summed E-state index contributed by atoms with van der Waals surface area (Å²) in [4.78, 5) is 13.8. The van der Waals surface area contributed by atoms with Crippen LogP contribution in [0.25, 0.3) is 0 Å². The van der Waals surface area contributed by atoms with Crippen LogP contribution in [-0.4, -0.2) is 29.9 Å². The molecule has 1 saturated carbocycles. The van der Waals surface area contributed by atoms with Crippen LogP contribution in [0.1, 0.15) is 39.0 Å². The number of nitrogens with two attached hydrogens (primary N) is 1. The van der Waals surface area contributed by atoms with Crippen LogP contribution in [0.3, 0.4) is 0 Å². The standard InChI is InChI=1S/C12H22N2O.ClH/c1-2-4-12(15)14-7-9-5-3-6-11(13)10(9)8-14;/h9-11H,2-8,13H2,1H3;1H. The molecule has 0 radical (unpaired) electrons. The molecule has 1 heterocycles. The van der Waals surface area contributed by atoms with Crippen molar-refractivity contribution in [2.75, 3.05) is 13.1 Å². The molecule has 1 amide bonds. The maximum Gasteiger partial charge on any atom is 0.222 e. The van der Waals surface area contributed by atoms with Crippen molar-refractivity contribution in [3.63, 3.8) is 0 Å². The lowest BCUT2D eigenvalue weighted by Gasteiger charge is -2.29. The molecule has 2 fully saturated rings. The first-order valence-electron chi connectivity index (χ1n) is 6.25. The molecule has 1 saturated heterocycles. The topological polar surface area (TPSA) is 46.3 Å². The van der Waals surface area contributed by atoms with Gasteiger partial charge in [-0.15, -0.1) is 12.4 Å². The number of fused-ring (bicyclic) bond motifs is 1. The Labute approximate surface area is 104 Å². The highest BCUT2D eigenvalue weighted by Gasteiger charge is 2.39. The first-order valence-corrected chi connectivity index (χ1v) is 6.25. The summed E-state index contributed by atoms with van der Waals surface area (Å²) in [6.45, 7) is 3.95. The smallest absolute Gasteiger partial charge is 0.222 e. The van der Waals surface area contributed by atoms with E-state index in [-0.39, 0.29) is 12.4 Å². The zero-order valence-corrected chi connectivity index (χ0v) is 10.8. The van der Waals surface area contributed by atoms with Crippen LogP contribution in [0.5, 0.6) is 0 Å². The fraction of sp³-hybridized carbons (Fsp3) is 0.917. The number of likely N-dealkylation sites (tertiary alicyclic amines) is 1. The zero-order valence-electron chi connectivity index (χ0n) is 10.0. The largest absolute Gasteiger partial charge is 0.342 e. The van der Waals surface area contributed by atoms with Gasteiger partial charge in [0.05, 0.1) is 0 Å². The Kier molecular flexibility index (Phi) is 5.06. The van der Waals surface area contributed by atoms with Crippen LogP contribution < -0.4 is 5.73 Å². The molecule has 0 aromatic carbocycles. The Morgan fingerprint density at radius 3 is 2.75 bits per heavy atom. The van der Waals surface area contributed by atoms with Gasteiger partial charge in [-0.05, 0) is 31.1 Å². The maximum absolute atomic E-state index is 11.8. The zero-order chi connectivity index (χ0) is 10.8. The van der Waals surface area contributed by atoms with Gasteiger partial charge in [-0.3, -0.25) is 4.79 Å². The molecule has 4 heteroatoms. The summed E-state index contributed by atoms with van der Waals surface area (Å²) < 4.78 is 0. The van der Waals surface area contributed by atoms with E-state index >= 15 is 0 Å². The van der Waals surface area contributed by atoms with E-state index in [1.54, 1.807) is 0 Å². The Morgan fingerprint density at radius 1 is 1.38 bits per heavy atom. The number of rotatable bonds is 2. The lowest BCUT2D eigenvalue weighted by Crippen LogP contribution is -2.38. The molecule has 1 aliphatic carbocycles. The minimum Gasteiger partial charge on any atom is -0.342 e. The van der Waals surface area contributed by atoms with Crippen molar-refractivity contribution in [2.45, 2.75) is 45.1 Å². The molecule has 0 aromatic heterocycles. The Hall–Kier alpha value is -0.280. The average Bonchev–Trinajstić information content (AvgIpc) is 2.63. The third-order valence-electron chi connectivity index (χ3n) is 3.97. The third-order valence-corrected chi connectivity index (χ3v) is 3.97. The van der Waals surface area contributed by atoms with Gasteiger partial charge in [0.25, 0.3) is 0 Å². The van der Waals surface area contributed by atoms with Crippen molar-refractivity contribution in [3.05, 3.63) is 0 Å². The van der Waals surface area contributed by atoms with Crippen molar-refractivity contribution < 1.29 is 4.79 Å². The van der Waals surface area contributed by atoms with Crippen LogP contribution in [-0.2, 0) is 4.79 Å². The van der Waals surface area contributed by atoms with Gasteiger partial charge in [-0.1, -0.05) is 13.3 Å². The molecule has 2 N–H and O–H groups in total. The summed E-state index contributed by atoms with van der Waals surface area (Å²) in [6.07, 6.45) is 5.33. The molecule has 1 aliphatic heterocycles. The van der Waals surface area contributed by atoms with Crippen LogP contribution in [0, 0.1) is 11.8 Å². The summed E-state index contributed by atoms with van der Waals surface area (Å²) >= 11 is 0. The first-order chi connectivity index (χ1) is 7.22. The van der Waals surface area contributed by atoms with Gasteiger partial charge in [0.1, 0.15) is 0 Å². The Bertz CT molecular complexity index is 247. The molecule has 3 nitrogen and oxygen atoms in total. The molecule has 0 aromatic rings. The Balaban J connectivity index is 0.00000128. The van der Waals surface area contributed by atoms with Gasteiger partial charge >= 0.3 is 0 Å². The highest BCUT2D eigenvalue weighted by molar-refractivity contribution is 5.85. The third kappa shape index (κ3) is 2.69. The number of hydrogen-bond donors (Lipinski definition) is 1. The summed E-state index contributed by atoms with van der Waals surface area (Å²) in [6, 6.07) is 0.336. The molecule has 94 valence electrons. The van der Waals surface area contributed by atoms with Crippen molar-refractivity contribution in [2.24, 2.45) is 17.6 Å². The van der Waals surface area contributed by atoms with E-state index in [0.29, 0.717) is 30.2 Å². The van der Waals surface area contributed by atoms with E-state index in [2.05, 4.69) is 6.92 Å². The number of nitrogens with zero attached hydrogens (tertiary/aromatic N) is 1. The molecule has 16 heavy (non-hydrogen) atoms. The first kappa shape index (κ1) is 13.8. The number of hydrogen-bond acceptors (Lipinski definition) is 2. The van der Waals surface area contributed by atoms with Gasteiger partial charge in [-0.25, -0.2) is 0 Å². The normalized spacial score (nSPS) is 33.1. The van der Waals surface area contributed by atoms with Gasteiger partial charge < -0.3 is 10.6 Å². The SMILES string of the molecule is CCCC(=O)N1CC2CCCC(N)C2C1.Cl. The van der Waals surface area contributed by atoms with Crippen LogP contribution in [0.2, 0.25) is 0 Å². The molecule has 3 atom stereocenters. The van der Waals surface area contributed by atoms with Gasteiger partial charge in [0, 0.05) is 25.6 Å². The minimum absolute atomic E-state index is 0. The van der Waals surface area contributed by atoms with Gasteiger partial charge in [0.15, 0.2) is 0 Å². The van der Waals surface area contributed by atoms with Crippen LogP contribution >= 0.6 is 12.4 Å². The van der Waals surface area contributed by atoms with Crippen molar-refractivity contribution >= 4 is 18.3 Å².